The molecule has 2 aromatic rings. The van der Waals surface area contributed by atoms with Crippen LogP contribution in [0.2, 0.25) is 0 Å². The molecule has 1 aromatic carbocycles. The van der Waals surface area contributed by atoms with Crippen molar-refractivity contribution in [2.75, 3.05) is 4.90 Å². The quantitative estimate of drug-likeness (QED) is 0.682. The summed E-state index contributed by atoms with van der Waals surface area (Å²) in [5.74, 6) is -1.32. The summed E-state index contributed by atoms with van der Waals surface area (Å²) in [6.45, 7) is 0. The van der Waals surface area contributed by atoms with Gasteiger partial charge in [-0.2, -0.15) is 0 Å². The first-order valence-corrected chi connectivity index (χ1v) is 7.80. The standard InChI is InChI=1S/C16H10N2O3S2/c19-14-13(8-10-4-6-17-7-5-10)23-16(22)18(14)12-3-1-2-11(9-12)15(20)21/h1-9H,(H,20,21). The van der Waals surface area contributed by atoms with Gasteiger partial charge in [-0.1, -0.05) is 30.0 Å². The van der Waals surface area contributed by atoms with Gasteiger partial charge in [0.15, 0.2) is 4.32 Å². The molecular weight excluding hydrogens is 332 g/mol. The molecule has 5 nitrogen and oxygen atoms in total. The van der Waals surface area contributed by atoms with E-state index < -0.39 is 5.97 Å². The number of anilines is 1. The molecule has 7 heteroatoms. The predicted octanol–water partition coefficient (Wildman–Crippen LogP) is 3.19. The van der Waals surface area contributed by atoms with E-state index in [1.54, 1.807) is 42.7 Å². The molecule has 23 heavy (non-hydrogen) atoms. The molecule has 0 unspecified atom stereocenters. The first-order chi connectivity index (χ1) is 11.1. The van der Waals surface area contributed by atoms with E-state index in [0.29, 0.717) is 14.9 Å². The van der Waals surface area contributed by atoms with E-state index >= 15 is 0 Å². The van der Waals surface area contributed by atoms with Crippen molar-refractivity contribution in [3.05, 3.63) is 64.8 Å². The van der Waals surface area contributed by atoms with Crippen LogP contribution < -0.4 is 4.90 Å². The van der Waals surface area contributed by atoms with E-state index in [1.807, 2.05) is 0 Å². The zero-order valence-corrected chi connectivity index (χ0v) is 13.3. The highest BCUT2D eigenvalue weighted by atomic mass is 32.2. The Morgan fingerprint density at radius 1 is 1.26 bits per heavy atom. The third-order valence-electron chi connectivity index (χ3n) is 3.15. The number of hydrogen-bond acceptors (Lipinski definition) is 5. The highest BCUT2D eigenvalue weighted by Gasteiger charge is 2.33. The maximum Gasteiger partial charge on any atom is 0.335 e. The summed E-state index contributed by atoms with van der Waals surface area (Å²) in [4.78, 5) is 29.4. The molecule has 1 N–H and O–H groups in total. The number of carboxylic acids is 1. The summed E-state index contributed by atoms with van der Waals surface area (Å²) in [6.07, 6.45) is 5.02. The second kappa shape index (κ2) is 6.31. The molecule has 1 saturated heterocycles. The number of amides is 1. The zero-order valence-electron chi connectivity index (χ0n) is 11.7. The van der Waals surface area contributed by atoms with Crippen molar-refractivity contribution in [1.29, 1.82) is 0 Å². The zero-order chi connectivity index (χ0) is 16.4. The number of carbonyl (C=O) groups excluding carboxylic acids is 1. The largest absolute Gasteiger partial charge is 0.478 e. The normalized spacial score (nSPS) is 16.2. The Kier molecular flexibility index (Phi) is 4.22. The smallest absolute Gasteiger partial charge is 0.335 e. The summed E-state index contributed by atoms with van der Waals surface area (Å²) in [7, 11) is 0. The van der Waals surface area contributed by atoms with Crippen molar-refractivity contribution < 1.29 is 14.7 Å². The summed E-state index contributed by atoms with van der Waals surface area (Å²) in [5, 5.41) is 9.07. The van der Waals surface area contributed by atoms with Crippen molar-refractivity contribution in [2.45, 2.75) is 0 Å². The average Bonchev–Trinajstić information content (AvgIpc) is 2.82. The average molecular weight is 342 g/mol. The van der Waals surface area contributed by atoms with Gasteiger partial charge < -0.3 is 5.11 Å². The summed E-state index contributed by atoms with van der Waals surface area (Å²) in [6, 6.07) is 9.73. The van der Waals surface area contributed by atoms with Gasteiger partial charge in [0.25, 0.3) is 5.91 Å². The lowest BCUT2D eigenvalue weighted by Crippen LogP contribution is -2.27. The van der Waals surface area contributed by atoms with Crippen LogP contribution in [0.5, 0.6) is 0 Å². The van der Waals surface area contributed by atoms with Crippen LogP contribution in [0, 0.1) is 0 Å². The molecule has 2 heterocycles. The van der Waals surface area contributed by atoms with Crippen molar-refractivity contribution in [1.82, 2.24) is 4.98 Å². The van der Waals surface area contributed by atoms with Crippen molar-refractivity contribution in [2.24, 2.45) is 0 Å². The van der Waals surface area contributed by atoms with E-state index in [4.69, 9.17) is 17.3 Å². The SMILES string of the molecule is O=C(O)c1cccc(N2C(=O)C(=Cc3ccncc3)SC2=S)c1. The van der Waals surface area contributed by atoms with Crippen molar-refractivity contribution in [3.8, 4) is 0 Å². The Morgan fingerprint density at radius 2 is 2.00 bits per heavy atom. The third kappa shape index (κ3) is 3.15. The van der Waals surface area contributed by atoms with Crippen LogP contribution in [-0.2, 0) is 4.79 Å². The number of aromatic carboxylic acids is 1. The van der Waals surface area contributed by atoms with Crippen LogP contribution in [0.1, 0.15) is 15.9 Å². The summed E-state index contributed by atoms with van der Waals surface area (Å²) >= 11 is 6.46. The van der Waals surface area contributed by atoms with Gasteiger partial charge in [-0.15, -0.1) is 0 Å². The number of rotatable bonds is 3. The first kappa shape index (κ1) is 15.4. The predicted molar refractivity (Wildman–Crippen MR) is 93.3 cm³/mol. The van der Waals surface area contributed by atoms with Gasteiger partial charge in [0.2, 0.25) is 0 Å². The number of carbonyl (C=O) groups is 2. The molecule has 0 atom stereocenters. The van der Waals surface area contributed by atoms with Gasteiger partial charge in [-0.05, 0) is 42.0 Å². The lowest BCUT2D eigenvalue weighted by Gasteiger charge is -2.14. The monoisotopic (exact) mass is 342 g/mol. The fraction of sp³-hybridized carbons (Fsp3) is 0. The number of thioether (sulfide) groups is 1. The minimum Gasteiger partial charge on any atom is -0.478 e. The molecular formula is C16H10N2O3S2. The van der Waals surface area contributed by atoms with Crippen molar-refractivity contribution in [3.63, 3.8) is 0 Å². The van der Waals surface area contributed by atoms with Crippen LogP contribution in [0.3, 0.4) is 0 Å². The Hall–Kier alpha value is -2.51. The lowest BCUT2D eigenvalue weighted by atomic mass is 10.2. The van der Waals surface area contributed by atoms with E-state index in [9.17, 15) is 9.59 Å². The Labute approximate surface area is 141 Å². The minimum absolute atomic E-state index is 0.106. The number of pyridine rings is 1. The molecule has 0 aliphatic carbocycles. The number of hydrogen-bond donors (Lipinski definition) is 1. The van der Waals surface area contributed by atoms with Crippen LogP contribution >= 0.6 is 24.0 Å². The van der Waals surface area contributed by atoms with Crippen molar-refractivity contribution >= 4 is 51.9 Å². The summed E-state index contributed by atoms with van der Waals surface area (Å²) < 4.78 is 0.373. The van der Waals surface area contributed by atoms with E-state index in [0.717, 1.165) is 5.56 Å². The molecule has 1 fully saturated rings. The Morgan fingerprint density at radius 3 is 2.70 bits per heavy atom. The molecule has 0 bridgehead atoms. The molecule has 3 rings (SSSR count). The van der Waals surface area contributed by atoms with E-state index in [-0.39, 0.29) is 11.5 Å². The van der Waals surface area contributed by atoms with Crippen LogP contribution in [0.4, 0.5) is 5.69 Å². The van der Waals surface area contributed by atoms with Gasteiger partial charge in [-0.3, -0.25) is 14.7 Å². The molecule has 0 saturated carbocycles. The maximum absolute atomic E-state index is 12.6. The fourth-order valence-electron chi connectivity index (χ4n) is 2.08. The minimum atomic E-state index is -1.05. The number of thiocarbonyl (C=S) groups is 1. The fourth-order valence-corrected chi connectivity index (χ4v) is 3.38. The van der Waals surface area contributed by atoms with Gasteiger partial charge >= 0.3 is 5.97 Å². The van der Waals surface area contributed by atoms with E-state index in [1.165, 1.54) is 28.8 Å². The highest BCUT2D eigenvalue weighted by Crippen LogP contribution is 2.36. The van der Waals surface area contributed by atoms with Crippen LogP contribution in [0.15, 0.2) is 53.7 Å². The molecule has 0 spiro atoms. The van der Waals surface area contributed by atoms with Gasteiger partial charge in [0.1, 0.15) is 0 Å². The van der Waals surface area contributed by atoms with Gasteiger partial charge in [0, 0.05) is 12.4 Å². The van der Waals surface area contributed by atoms with Crippen LogP contribution in [-0.4, -0.2) is 26.3 Å². The molecule has 1 aromatic heterocycles. The number of aromatic nitrogens is 1. The summed E-state index contributed by atoms with van der Waals surface area (Å²) in [5.41, 5.74) is 1.40. The van der Waals surface area contributed by atoms with Gasteiger partial charge in [0.05, 0.1) is 16.2 Å². The molecule has 1 aliphatic heterocycles. The second-order valence-electron chi connectivity index (χ2n) is 4.65. The second-order valence-corrected chi connectivity index (χ2v) is 6.33. The molecule has 0 radical (unpaired) electrons. The molecule has 1 amide bonds. The lowest BCUT2D eigenvalue weighted by molar-refractivity contribution is -0.113. The number of nitrogens with zero attached hydrogens (tertiary/aromatic N) is 2. The molecule has 114 valence electrons. The Bertz CT molecular complexity index is 834. The number of carboxylic acid groups (broad SMARTS) is 1. The third-order valence-corrected chi connectivity index (χ3v) is 4.45. The highest BCUT2D eigenvalue weighted by molar-refractivity contribution is 8.27. The molecule has 1 aliphatic rings. The van der Waals surface area contributed by atoms with E-state index in [2.05, 4.69) is 4.98 Å². The number of benzene rings is 1. The Balaban J connectivity index is 1.95. The topological polar surface area (TPSA) is 70.5 Å². The van der Waals surface area contributed by atoms with Gasteiger partial charge in [-0.25, -0.2) is 4.79 Å². The maximum atomic E-state index is 12.6. The first-order valence-electron chi connectivity index (χ1n) is 6.57. The van der Waals surface area contributed by atoms with Crippen LogP contribution in [0.25, 0.3) is 6.08 Å².